The first-order chi connectivity index (χ1) is 8.17. The van der Waals surface area contributed by atoms with E-state index in [0.29, 0.717) is 12.4 Å². The van der Waals surface area contributed by atoms with E-state index < -0.39 is 6.10 Å². The van der Waals surface area contributed by atoms with Gasteiger partial charge in [0.1, 0.15) is 18.5 Å². The summed E-state index contributed by atoms with van der Waals surface area (Å²) in [5, 5.41) is 18.5. The third kappa shape index (κ3) is 5.04. The van der Waals surface area contributed by atoms with Crippen molar-refractivity contribution < 1.29 is 19.7 Å². The maximum Gasteiger partial charge on any atom is 0.133 e. The van der Waals surface area contributed by atoms with Crippen molar-refractivity contribution in [2.75, 3.05) is 19.8 Å². The lowest BCUT2D eigenvalue weighted by atomic mass is 10.2. The molecule has 0 aliphatic carbocycles. The smallest absolute Gasteiger partial charge is 0.133 e. The van der Waals surface area contributed by atoms with Crippen molar-refractivity contribution in [3.63, 3.8) is 0 Å². The van der Waals surface area contributed by atoms with Crippen LogP contribution in [0.25, 0.3) is 0 Å². The zero-order valence-corrected chi connectivity index (χ0v) is 11.3. The highest BCUT2D eigenvalue weighted by molar-refractivity contribution is 9.10. The molecular weight excluding hydrogens is 288 g/mol. The fourth-order valence-corrected chi connectivity index (χ4v) is 1.79. The summed E-state index contributed by atoms with van der Waals surface area (Å²) in [7, 11) is 0. The van der Waals surface area contributed by atoms with Gasteiger partial charge in [-0.1, -0.05) is 6.07 Å². The SMILES string of the molecule is CCOCC(O)COc1ccc(CO)cc1Br. The van der Waals surface area contributed by atoms with Crippen LogP contribution in [-0.2, 0) is 11.3 Å². The Bertz CT molecular complexity index is 343. The van der Waals surface area contributed by atoms with E-state index in [1.807, 2.05) is 6.92 Å². The van der Waals surface area contributed by atoms with E-state index in [2.05, 4.69) is 15.9 Å². The predicted molar refractivity (Wildman–Crippen MR) is 68.1 cm³/mol. The van der Waals surface area contributed by atoms with Crippen molar-refractivity contribution in [3.8, 4) is 5.75 Å². The second-order valence-electron chi connectivity index (χ2n) is 3.55. The van der Waals surface area contributed by atoms with Crippen LogP contribution in [0.15, 0.2) is 22.7 Å². The summed E-state index contributed by atoms with van der Waals surface area (Å²) >= 11 is 3.34. The van der Waals surface area contributed by atoms with Crippen molar-refractivity contribution in [1.29, 1.82) is 0 Å². The summed E-state index contributed by atoms with van der Waals surface area (Å²) in [5.41, 5.74) is 0.805. The maximum atomic E-state index is 9.53. The minimum Gasteiger partial charge on any atom is -0.490 e. The standard InChI is InChI=1S/C12H17BrO4/c1-2-16-7-10(15)8-17-12-4-3-9(6-14)5-11(12)13/h3-5,10,14-15H,2,6-8H2,1H3. The van der Waals surface area contributed by atoms with Crippen LogP contribution in [0.1, 0.15) is 12.5 Å². The Hall–Kier alpha value is -0.620. The van der Waals surface area contributed by atoms with Gasteiger partial charge in [0, 0.05) is 6.61 Å². The molecule has 0 saturated carbocycles. The normalized spacial score (nSPS) is 12.5. The minimum atomic E-state index is -0.639. The van der Waals surface area contributed by atoms with Gasteiger partial charge < -0.3 is 19.7 Å². The summed E-state index contributed by atoms with van der Waals surface area (Å²) in [6.45, 7) is 2.88. The highest BCUT2D eigenvalue weighted by atomic mass is 79.9. The zero-order chi connectivity index (χ0) is 12.7. The summed E-state index contributed by atoms with van der Waals surface area (Å²) in [4.78, 5) is 0. The molecule has 0 heterocycles. The first kappa shape index (κ1) is 14.4. The van der Waals surface area contributed by atoms with Gasteiger partial charge >= 0.3 is 0 Å². The summed E-state index contributed by atoms with van der Waals surface area (Å²) in [6, 6.07) is 5.31. The van der Waals surface area contributed by atoms with Gasteiger partial charge in [0.2, 0.25) is 0 Å². The Kier molecular flexibility index (Phi) is 6.50. The van der Waals surface area contributed by atoms with Crippen LogP contribution in [0.3, 0.4) is 0 Å². The molecule has 5 heteroatoms. The molecule has 2 N–H and O–H groups in total. The molecule has 4 nitrogen and oxygen atoms in total. The summed E-state index contributed by atoms with van der Waals surface area (Å²) in [6.07, 6.45) is -0.639. The van der Waals surface area contributed by atoms with Crippen LogP contribution in [0.5, 0.6) is 5.75 Å². The zero-order valence-electron chi connectivity index (χ0n) is 9.73. The van der Waals surface area contributed by atoms with Crippen LogP contribution >= 0.6 is 15.9 Å². The molecule has 17 heavy (non-hydrogen) atoms. The number of hydrogen-bond acceptors (Lipinski definition) is 4. The van der Waals surface area contributed by atoms with Crippen molar-refractivity contribution >= 4 is 15.9 Å². The number of halogens is 1. The third-order valence-electron chi connectivity index (χ3n) is 2.12. The lowest BCUT2D eigenvalue weighted by Gasteiger charge is -2.13. The summed E-state index contributed by atoms with van der Waals surface area (Å²) < 4.78 is 11.3. The monoisotopic (exact) mass is 304 g/mol. The first-order valence-corrected chi connectivity index (χ1v) is 6.24. The minimum absolute atomic E-state index is 0.00809. The molecule has 1 aromatic carbocycles. The molecule has 0 radical (unpaired) electrons. The fraction of sp³-hybridized carbons (Fsp3) is 0.500. The molecule has 0 fully saturated rings. The van der Waals surface area contributed by atoms with Gasteiger partial charge in [0.05, 0.1) is 17.7 Å². The Morgan fingerprint density at radius 2 is 2.12 bits per heavy atom. The lowest BCUT2D eigenvalue weighted by molar-refractivity contribution is 0.0163. The Balaban J connectivity index is 2.46. The Labute approximate surface area is 109 Å². The lowest BCUT2D eigenvalue weighted by Crippen LogP contribution is -2.23. The van der Waals surface area contributed by atoms with E-state index in [9.17, 15) is 5.11 Å². The van der Waals surface area contributed by atoms with Gasteiger partial charge in [-0.3, -0.25) is 0 Å². The van der Waals surface area contributed by atoms with E-state index in [0.717, 1.165) is 10.0 Å². The molecule has 96 valence electrons. The van der Waals surface area contributed by atoms with Crippen molar-refractivity contribution in [1.82, 2.24) is 0 Å². The van der Waals surface area contributed by atoms with Gasteiger partial charge in [-0.15, -0.1) is 0 Å². The molecule has 1 aromatic rings. The highest BCUT2D eigenvalue weighted by Crippen LogP contribution is 2.26. The average Bonchev–Trinajstić information content (AvgIpc) is 2.34. The third-order valence-corrected chi connectivity index (χ3v) is 2.74. The van der Waals surface area contributed by atoms with Crippen molar-refractivity contribution in [2.24, 2.45) is 0 Å². The molecule has 0 saturated heterocycles. The molecule has 0 aliphatic heterocycles. The van der Waals surface area contributed by atoms with E-state index in [1.165, 1.54) is 0 Å². The quantitative estimate of drug-likeness (QED) is 0.805. The molecular formula is C12H17BrO4. The maximum absolute atomic E-state index is 9.53. The molecule has 0 spiro atoms. The fourth-order valence-electron chi connectivity index (χ4n) is 1.25. The van der Waals surface area contributed by atoms with Crippen LogP contribution in [0.4, 0.5) is 0 Å². The van der Waals surface area contributed by atoms with E-state index >= 15 is 0 Å². The molecule has 1 atom stereocenters. The average molecular weight is 305 g/mol. The highest BCUT2D eigenvalue weighted by Gasteiger charge is 2.07. The van der Waals surface area contributed by atoms with Crippen LogP contribution < -0.4 is 4.74 Å². The first-order valence-electron chi connectivity index (χ1n) is 5.45. The number of aliphatic hydroxyl groups excluding tert-OH is 2. The number of rotatable bonds is 7. The van der Waals surface area contributed by atoms with Crippen LogP contribution in [0, 0.1) is 0 Å². The van der Waals surface area contributed by atoms with Crippen molar-refractivity contribution in [3.05, 3.63) is 28.2 Å². The Morgan fingerprint density at radius 1 is 1.35 bits per heavy atom. The number of aliphatic hydroxyl groups is 2. The topological polar surface area (TPSA) is 58.9 Å². The predicted octanol–water partition coefficient (Wildman–Crippen LogP) is 1.72. The second kappa shape index (κ2) is 7.66. The van der Waals surface area contributed by atoms with Gasteiger partial charge in [0.25, 0.3) is 0 Å². The van der Waals surface area contributed by atoms with E-state index in [4.69, 9.17) is 14.6 Å². The molecule has 0 bridgehead atoms. The van der Waals surface area contributed by atoms with E-state index in [-0.39, 0.29) is 19.8 Å². The largest absolute Gasteiger partial charge is 0.490 e. The molecule has 1 rings (SSSR count). The summed E-state index contributed by atoms with van der Waals surface area (Å²) in [5.74, 6) is 0.637. The van der Waals surface area contributed by atoms with E-state index in [1.54, 1.807) is 18.2 Å². The van der Waals surface area contributed by atoms with Crippen LogP contribution in [-0.4, -0.2) is 36.1 Å². The van der Waals surface area contributed by atoms with Crippen molar-refractivity contribution in [2.45, 2.75) is 19.6 Å². The number of benzene rings is 1. The number of hydrogen-bond donors (Lipinski definition) is 2. The van der Waals surface area contributed by atoms with Gasteiger partial charge in [-0.25, -0.2) is 0 Å². The Morgan fingerprint density at radius 3 is 2.71 bits per heavy atom. The molecule has 1 unspecified atom stereocenters. The molecule has 0 aliphatic rings. The van der Waals surface area contributed by atoms with Gasteiger partial charge in [0.15, 0.2) is 0 Å². The van der Waals surface area contributed by atoms with Gasteiger partial charge in [-0.2, -0.15) is 0 Å². The molecule has 0 aromatic heterocycles. The number of ether oxygens (including phenoxy) is 2. The van der Waals surface area contributed by atoms with Crippen LogP contribution in [0.2, 0.25) is 0 Å². The second-order valence-corrected chi connectivity index (χ2v) is 4.40. The molecule has 0 amide bonds. The van der Waals surface area contributed by atoms with Gasteiger partial charge in [-0.05, 0) is 40.5 Å².